The fourth-order valence-corrected chi connectivity index (χ4v) is 1.43. The summed E-state index contributed by atoms with van der Waals surface area (Å²) in [4.78, 5) is 11.1. The molecule has 0 heterocycles. The van der Waals surface area contributed by atoms with Gasteiger partial charge in [0.15, 0.2) is 0 Å². The average molecular weight is 222 g/mol. The van der Waals surface area contributed by atoms with Crippen molar-refractivity contribution in [3.05, 3.63) is 35.4 Å². The highest BCUT2D eigenvalue weighted by Gasteiger charge is 2.06. The zero-order valence-corrected chi connectivity index (χ0v) is 9.44. The van der Waals surface area contributed by atoms with Crippen molar-refractivity contribution in [1.29, 1.82) is 0 Å². The van der Waals surface area contributed by atoms with Gasteiger partial charge in [0.1, 0.15) is 0 Å². The van der Waals surface area contributed by atoms with Gasteiger partial charge in [-0.3, -0.25) is 4.79 Å². The Morgan fingerprint density at radius 2 is 2.19 bits per heavy atom. The van der Waals surface area contributed by atoms with Crippen LogP contribution in [0.15, 0.2) is 24.3 Å². The number of rotatable bonds is 6. The van der Waals surface area contributed by atoms with Crippen LogP contribution < -0.4 is 11.1 Å². The fourth-order valence-electron chi connectivity index (χ4n) is 1.43. The number of nitrogens with two attached hydrogens (primary N) is 1. The molecule has 0 radical (unpaired) electrons. The van der Waals surface area contributed by atoms with Gasteiger partial charge in [0.05, 0.1) is 0 Å². The number of amides is 1. The van der Waals surface area contributed by atoms with Crippen LogP contribution in [0.25, 0.3) is 0 Å². The Hall–Kier alpha value is -1.39. The predicted molar refractivity (Wildman–Crippen MR) is 62.9 cm³/mol. The summed E-state index contributed by atoms with van der Waals surface area (Å²) in [5, 5.41) is 12.0. The Labute approximate surface area is 95.5 Å². The Bertz CT molecular complexity index is 353. The molecule has 0 saturated heterocycles. The van der Waals surface area contributed by atoms with E-state index in [0.717, 1.165) is 5.56 Å². The van der Waals surface area contributed by atoms with Crippen LogP contribution in [0.5, 0.6) is 0 Å². The number of aliphatic hydroxyl groups excluding tert-OH is 1. The van der Waals surface area contributed by atoms with Crippen LogP contribution in [0.2, 0.25) is 0 Å². The van der Waals surface area contributed by atoms with Crippen molar-refractivity contribution < 1.29 is 9.90 Å². The predicted octanol–water partition coefficient (Wildman–Crippen LogP) is 0.503. The lowest BCUT2D eigenvalue weighted by Crippen LogP contribution is -2.24. The molecule has 1 aromatic carbocycles. The van der Waals surface area contributed by atoms with E-state index in [4.69, 9.17) is 10.8 Å². The first-order chi connectivity index (χ1) is 7.65. The zero-order chi connectivity index (χ0) is 12.0. The summed E-state index contributed by atoms with van der Waals surface area (Å²) in [5.74, 6) is -0.201. The van der Waals surface area contributed by atoms with Crippen molar-refractivity contribution in [2.24, 2.45) is 11.7 Å². The highest BCUT2D eigenvalue weighted by Crippen LogP contribution is 2.07. The highest BCUT2D eigenvalue weighted by atomic mass is 16.3. The molecule has 0 aliphatic rings. The van der Waals surface area contributed by atoms with Gasteiger partial charge in [-0.25, -0.2) is 0 Å². The Morgan fingerprint density at radius 1 is 1.50 bits per heavy atom. The van der Waals surface area contributed by atoms with Gasteiger partial charge >= 0.3 is 0 Å². The molecule has 88 valence electrons. The number of primary amides is 1. The third kappa shape index (κ3) is 3.64. The number of hydrogen-bond donors (Lipinski definition) is 3. The number of benzene rings is 1. The minimum Gasteiger partial charge on any atom is -0.396 e. The van der Waals surface area contributed by atoms with Gasteiger partial charge in [0.25, 0.3) is 0 Å². The summed E-state index contributed by atoms with van der Waals surface area (Å²) in [5.41, 5.74) is 6.70. The second-order valence-electron chi connectivity index (χ2n) is 3.94. The molecule has 0 fully saturated rings. The Balaban J connectivity index is 2.56. The zero-order valence-electron chi connectivity index (χ0n) is 9.44. The molecule has 1 amide bonds. The topological polar surface area (TPSA) is 75.3 Å². The summed E-state index contributed by atoms with van der Waals surface area (Å²) in [7, 11) is 0. The first kappa shape index (κ1) is 12.7. The van der Waals surface area contributed by atoms with Crippen LogP contribution in [0.1, 0.15) is 22.8 Å². The Morgan fingerprint density at radius 3 is 2.81 bits per heavy atom. The van der Waals surface area contributed by atoms with E-state index in [0.29, 0.717) is 18.7 Å². The van der Waals surface area contributed by atoms with Gasteiger partial charge < -0.3 is 16.2 Å². The molecule has 4 nitrogen and oxygen atoms in total. The van der Waals surface area contributed by atoms with Crippen molar-refractivity contribution in [1.82, 2.24) is 5.32 Å². The van der Waals surface area contributed by atoms with Crippen LogP contribution in [0.4, 0.5) is 0 Å². The first-order valence-corrected chi connectivity index (χ1v) is 5.34. The Kier molecular flexibility index (Phi) is 4.95. The summed E-state index contributed by atoms with van der Waals surface area (Å²) in [6, 6.07) is 7.25. The van der Waals surface area contributed by atoms with Crippen LogP contribution in [-0.4, -0.2) is 24.2 Å². The molecule has 0 bridgehead atoms. The molecule has 1 unspecified atom stereocenters. The second-order valence-corrected chi connectivity index (χ2v) is 3.94. The number of nitrogens with one attached hydrogen (secondary N) is 1. The summed E-state index contributed by atoms with van der Waals surface area (Å²) in [6.45, 7) is 3.41. The van der Waals surface area contributed by atoms with E-state index < -0.39 is 5.91 Å². The molecule has 0 aromatic heterocycles. The quantitative estimate of drug-likeness (QED) is 0.656. The summed E-state index contributed by atoms with van der Waals surface area (Å²) < 4.78 is 0. The smallest absolute Gasteiger partial charge is 0.249 e. The van der Waals surface area contributed by atoms with Crippen molar-refractivity contribution >= 4 is 5.91 Å². The molecular weight excluding hydrogens is 204 g/mol. The maximum atomic E-state index is 11.1. The third-order valence-corrected chi connectivity index (χ3v) is 2.40. The minimum absolute atomic E-state index is 0.157. The van der Waals surface area contributed by atoms with Crippen LogP contribution in [0.3, 0.4) is 0 Å². The summed E-state index contributed by atoms with van der Waals surface area (Å²) in [6.07, 6.45) is 0. The fraction of sp³-hybridized carbons (Fsp3) is 0.417. The molecule has 0 aliphatic carbocycles. The van der Waals surface area contributed by atoms with Gasteiger partial charge in [-0.1, -0.05) is 25.1 Å². The van der Waals surface area contributed by atoms with Crippen LogP contribution in [0, 0.1) is 5.92 Å². The minimum atomic E-state index is -0.410. The lowest BCUT2D eigenvalue weighted by Gasteiger charge is -2.11. The maximum Gasteiger partial charge on any atom is 0.249 e. The van der Waals surface area contributed by atoms with E-state index in [1.54, 1.807) is 12.1 Å². The molecule has 0 aliphatic heterocycles. The van der Waals surface area contributed by atoms with E-state index in [2.05, 4.69) is 5.32 Å². The van der Waals surface area contributed by atoms with E-state index in [9.17, 15) is 4.79 Å². The van der Waals surface area contributed by atoms with E-state index in [1.807, 2.05) is 19.1 Å². The third-order valence-electron chi connectivity index (χ3n) is 2.40. The normalized spacial score (nSPS) is 12.4. The number of carbonyl (C=O) groups excluding carboxylic acids is 1. The number of hydrogen-bond acceptors (Lipinski definition) is 3. The molecule has 1 aromatic rings. The second kappa shape index (κ2) is 6.25. The molecule has 4 heteroatoms. The number of aliphatic hydroxyl groups is 1. The summed E-state index contributed by atoms with van der Waals surface area (Å²) >= 11 is 0. The lowest BCUT2D eigenvalue weighted by molar-refractivity contribution is 0.0999. The monoisotopic (exact) mass is 222 g/mol. The van der Waals surface area contributed by atoms with Crippen LogP contribution in [-0.2, 0) is 6.54 Å². The first-order valence-electron chi connectivity index (χ1n) is 5.34. The highest BCUT2D eigenvalue weighted by molar-refractivity contribution is 5.94. The lowest BCUT2D eigenvalue weighted by atomic mass is 10.1. The molecule has 0 spiro atoms. The molecule has 16 heavy (non-hydrogen) atoms. The van der Waals surface area contributed by atoms with Crippen molar-refractivity contribution in [3.63, 3.8) is 0 Å². The molecular formula is C12H18N2O2. The average Bonchev–Trinajstić information content (AvgIpc) is 2.29. The molecule has 4 N–H and O–H groups in total. The van der Waals surface area contributed by atoms with Crippen LogP contribution >= 0.6 is 0 Å². The van der Waals surface area contributed by atoms with Gasteiger partial charge in [0.2, 0.25) is 5.91 Å². The molecule has 1 atom stereocenters. The maximum absolute atomic E-state index is 11.1. The van der Waals surface area contributed by atoms with Crippen molar-refractivity contribution in [3.8, 4) is 0 Å². The van der Waals surface area contributed by atoms with Gasteiger partial charge in [-0.2, -0.15) is 0 Å². The van der Waals surface area contributed by atoms with Gasteiger partial charge in [-0.05, 0) is 17.5 Å². The van der Waals surface area contributed by atoms with Crippen molar-refractivity contribution in [2.75, 3.05) is 13.2 Å². The number of carbonyl (C=O) groups is 1. The largest absolute Gasteiger partial charge is 0.396 e. The van der Waals surface area contributed by atoms with E-state index >= 15 is 0 Å². The van der Waals surface area contributed by atoms with Gasteiger partial charge in [-0.15, -0.1) is 0 Å². The standard InChI is InChI=1S/C12H18N2O2/c1-9(8-15)6-14-7-10-4-2-3-5-11(10)12(13)16/h2-5,9,14-15H,6-8H2,1H3,(H2,13,16). The van der Waals surface area contributed by atoms with Gasteiger partial charge in [0, 0.05) is 25.3 Å². The van der Waals surface area contributed by atoms with Crippen molar-refractivity contribution in [2.45, 2.75) is 13.5 Å². The molecule has 1 rings (SSSR count). The van der Waals surface area contributed by atoms with E-state index in [-0.39, 0.29) is 12.5 Å². The van der Waals surface area contributed by atoms with E-state index in [1.165, 1.54) is 0 Å². The SMILES string of the molecule is CC(CO)CNCc1ccccc1C(N)=O. The molecule has 0 saturated carbocycles.